The van der Waals surface area contributed by atoms with Crippen LogP contribution in [0.5, 0.6) is 0 Å². The van der Waals surface area contributed by atoms with Crippen molar-refractivity contribution in [3.05, 3.63) is 29.5 Å². The Morgan fingerprint density at radius 2 is 2.20 bits per heavy atom. The van der Waals surface area contributed by atoms with Crippen LogP contribution in [0.25, 0.3) is 0 Å². The zero-order valence-electron chi connectivity index (χ0n) is 5.29. The average Bonchev–Trinajstić information content (AvgIpc) is 1.91. The van der Waals surface area contributed by atoms with Crippen molar-refractivity contribution in [3.63, 3.8) is 0 Å². The third-order valence-electron chi connectivity index (χ3n) is 0.629. The fourth-order valence-electron chi connectivity index (χ4n) is 0.342. The van der Waals surface area contributed by atoms with Gasteiger partial charge in [-0.3, -0.25) is 5.41 Å². The van der Waals surface area contributed by atoms with Gasteiger partial charge in [-0.25, -0.2) is 4.98 Å². The van der Waals surface area contributed by atoms with E-state index in [1.807, 2.05) is 12.1 Å². The van der Waals surface area contributed by atoms with Crippen LogP contribution >= 0.6 is 11.6 Å². The summed E-state index contributed by atoms with van der Waals surface area (Å²) in [6.07, 6.45) is 2.41. The molecule has 3 nitrogen and oxygen atoms in total. The van der Waals surface area contributed by atoms with Crippen molar-refractivity contribution in [1.29, 1.82) is 5.41 Å². The summed E-state index contributed by atoms with van der Waals surface area (Å²) in [5, 5.41) is 6.41. The van der Waals surface area contributed by atoms with Crippen LogP contribution in [0.1, 0.15) is 0 Å². The van der Waals surface area contributed by atoms with Gasteiger partial charge in [0.1, 0.15) is 5.15 Å². The first kappa shape index (κ1) is 8.91. The fourth-order valence-corrected chi connectivity index (χ4v) is 0.471. The highest BCUT2D eigenvalue weighted by Crippen LogP contribution is 1.98. The quantitative estimate of drug-likeness (QED) is 0.339. The number of halogens is 1. The van der Waals surface area contributed by atoms with Crippen LogP contribution in [0, 0.1) is 5.41 Å². The monoisotopic (exact) mass is 157 g/mol. The Bertz CT molecular complexity index is 176. The minimum Gasteiger partial charge on any atom is -0.390 e. The molecule has 0 unspecified atom stereocenters. The lowest BCUT2D eigenvalue weighted by Crippen LogP contribution is -1.81. The summed E-state index contributed by atoms with van der Waals surface area (Å²) < 4.78 is 0. The van der Waals surface area contributed by atoms with Crippen molar-refractivity contribution >= 4 is 17.9 Å². The van der Waals surface area contributed by atoms with Crippen molar-refractivity contribution in [2.24, 2.45) is 5.73 Å². The molecule has 0 aromatic carbocycles. The first-order valence-electron chi connectivity index (χ1n) is 2.58. The van der Waals surface area contributed by atoms with Crippen molar-refractivity contribution in [2.45, 2.75) is 0 Å². The molecule has 10 heavy (non-hydrogen) atoms. The lowest BCUT2D eigenvalue weighted by molar-refractivity contribution is 1.33. The van der Waals surface area contributed by atoms with Gasteiger partial charge in [0.25, 0.3) is 0 Å². The molecule has 54 valence electrons. The Morgan fingerprint density at radius 3 is 2.40 bits per heavy atom. The van der Waals surface area contributed by atoms with E-state index >= 15 is 0 Å². The molecule has 0 aliphatic carbocycles. The maximum absolute atomic E-state index is 5.86. The number of hydrogen-bond donors (Lipinski definition) is 2. The molecule has 4 heteroatoms. The van der Waals surface area contributed by atoms with Gasteiger partial charge in [0.2, 0.25) is 0 Å². The Morgan fingerprint density at radius 1 is 1.60 bits per heavy atom. The third kappa shape index (κ3) is 5.05. The summed E-state index contributed by atoms with van der Waals surface area (Å²) in [5.41, 5.74) is 4.39. The number of pyridine rings is 1. The van der Waals surface area contributed by atoms with Crippen molar-refractivity contribution in [3.8, 4) is 0 Å². The Hall–Kier alpha value is -1.09. The van der Waals surface area contributed by atoms with E-state index in [1.165, 1.54) is 0 Å². The number of aromatic nitrogens is 1. The average molecular weight is 158 g/mol. The third-order valence-corrected chi connectivity index (χ3v) is 0.852. The van der Waals surface area contributed by atoms with Crippen LogP contribution in [-0.4, -0.2) is 11.3 Å². The summed E-state index contributed by atoms with van der Waals surface area (Å²) in [5.74, 6) is 0. The van der Waals surface area contributed by atoms with Crippen molar-refractivity contribution < 1.29 is 0 Å². The van der Waals surface area contributed by atoms with Crippen LogP contribution in [0.15, 0.2) is 24.4 Å². The molecule has 1 aromatic rings. The molecule has 0 spiro atoms. The molecule has 0 saturated heterocycles. The molecule has 1 heterocycles. The van der Waals surface area contributed by atoms with Crippen LogP contribution < -0.4 is 5.73 Å². The highest BCUT2D eigenvalue weighted by atomic mass is 35.5. The van der Waals surface area contributed by atoms with Gasteiger partial charge in [0, 0.05) is 6.20 Å². The second-order valence-corrected chi connectivity index (χ2v) is 1.71. The molecule has 0 aliphatic rings. The van der Waals surface area contributed by atoms with Crippen molar-refractivity contribution in [1.82, 2.24) is 4.98 Å². The largest absolute Gasteiger partial charge is 0.390 e. The highest BCUT2D eigenvalue weighted by molar-refractivity contribution is 6.29. The number of rotatable bonds is 0. The molecular weight excluding hydrogens is 150 g/mol. The van der Waals surface area contributed by atoms with Gasteiger partial charge in [-0.15, -0.1) is 0 Å². The second kappa shape index (κ2) is 6.04. The Kier molecular flexibility index (Phi) is 5.38. The lowest BCUT2D eigenvalue weighted by Gasteiger charge is -1.79. The maximum Gasteiger partial charge on any atom is 0.129 e. The van der Waals surface area contributed by atoms with Gasteiger partial charge < -0.3 is 5.73 Å². The topological polar surface area (TPSA) is 62.8 Å². The number of nitrogens with two attached hydrogens (primary N) is 1. The second-order valence-electron chi connectivity index (χ2n) is 1.32. The molecule has 1 aromatic heterocycles. The number of nitrogens with one attached hydrogen (secondary N) is 1. The predicted molar refractivity (Wildman–Crippen MR) is 42.2 cm³/mol. The highest BCUT2D eigenvalue weighted by Gasteiger charge is 1.76. The van der Waals surface area contributed by atoms with E-state index in [0.29, 0.717) is 5.15 Å². The summed E-state index contributed by atoms with van der Waals surface area (Å²) in [7, 11) is 0. The van der Waals surface area contributed by atoms with E-state index in [1.54, 1.807) is 12.3 Å². The first-order chi connectivity index (χ1) is 4.81. The molecule has 0 aliphatic heterocycles. The molecule has 0 radical (unpaired) electrons. The summed E-state index contributed by atoms with van der Waals surface area (Å²) >= 11 is 5.43. The number of hydrogen-bond acceptors (Lipinski definition) is 2. The summed E-state index contributed by atoms with van der Waals surface area (Å²) in [4.78, 5) is 3.74. The smallest absolute Gasteiger partial charge is 0.129 e. The zero-order valence-corrected chi connectivity index (χ0v) is 6.05. The molecule has 0 bridgehead atoms. The minimum absolute atomic E-state index is 0.544. The van der Waals surface area contributed by atoms with E-state index in [9.17, 15) is 0 Å². The van der Waals surface area contributed by atoms with Crippen LogP contribution in [0.3, 0.4) is 0 Å². The molecular formula is C6H8ClN3. The van der Waals surface area contributed by atoms with E-state index in [-0.39, 0.29) is 0 Å². The first-order valence-corrected chi connectivity index (χ1v) is 2.96. The molecule has 0 fully saturated rings. The van der Waals surface area contributed by atoms with Gasteiger partial charge >= 0.3 is 0 Å². The normalized spacial score (nSPS) is 7.30. The summed E-state index contributed by atoms with van der Waals surface area (Å²) in [6.45, 7) is 0. The Balaban J connectivity index is 0.000000236. The maximum atomic E-state index is 5.86. The van der Waals surface area contributed by atoms with E-state index in [2.05, 4.69) is 10.7 Å². The van der Waals surface area contributed by atoms with Crippen LogP contribution in [0.2, 0.25) is 5.15 Å². The molecule has 1 rings (SSSR count). The molecule has 0 saturated carbocycles. The molecule has 0 atom stereocenters. The van der Waals surface area contributed by atoms with Crippen LogP contribution in [-0.2, 0) is 0 Å². The van der Waals surface area contributed by atoms with Crippen LogP contribution in [0.4, 0.5) is 0 Å². The number of nitrogens with zero attached hydrogens (tertiary/aromatic N) is 1. The fraction of sp³-hybridized carbons (Fsp3) is 0. The van der Waals surface area contributed by atoms with Gasteiger partial charge in [-0.2, -0.15) is 0 Å². The minimum atomic E-state index is 0.544. The predicted octanol–water partition coefficient (Wildman–Crippen LogP) is 1.29. The van der Waals surface area contributed by atoms with Gasteiger partial charge in [-0.1, -0.05) is 17.7 Å². The van der Waals surface area contributed by atoms with Gasteiger partial charge in [0.15, 0.2) is 0 Å². The zero-order chi connectivity index (χ0) is 7.82. The SMILES string of the molecule is Clc1ccccn1.N=CN. The van der Waals surface area contributed by atoms with E-state index in [4.69, 9.17) is 17.0 Å². The molecule has 0 amide bonds. The van der Waals surface area contributed by atoms with E-state index in [0.717, 1.165) is 6.34 Å². The summed E-state index contributed by atoms with van der Waals surface area (Å²) in [6, 6.07) is 5.41. The Labute approximate surface area is 64.4 Å². The molecule has 3 N–H and O–H groups in total. The van der Waals surface area contributed by atoms with Gasteiger partial charge in [0.05, 0.1) is 6.34 Å². The standard InChI is InChI=1S/C5H4ClN.CH4N2/c6-5-3-1-2-4-7-5;2-1-3/h1-4H;1H,(H3,2,3). The lowest BCUT2D eigenvalue weighted by atomic mass is 10.5. The van der Waals surface area contributed by atoms with Gasteiger partial charge in [-0.05, 0) is 12.1 Å². The van der Waals surface area contributed by atoms with E-state index < -0.39 is 0 Å². The van der Waals surface area contributed by atoms with Crippen molar-refractivity contribution in [2.75, 3.05) is 0 Å².